The summed E-state index contributed by atoms with van der Waals surface area (Å²) in [6.07, 6.45) is -0.817. The van der Waals surface area contributed by atoms with Crippen LogP contribution in [0.2, 0.25) is 0 Å². The highest BCUT2D eigenvalue weighted by Gasteiger charge is 2.25. The van der Waals surface area contributed by atoms with Crippen LogP contribution in [0.4, 0.5) is 19.3 Å². The number of carbonyl (C=O) groups is 1. The number of hydrogen-bond donors (Lipinski definition) is 0. The number of hydrogen-bond acceptors (Lipinski definition) is 2. The van der Waals surface area contributed by atoms with E-state index in [1.54, 1.807) is 20.8 Å². The molecule has 0 spiro atoms. The van der Waals surface area contributed by atoms with E-state index in [2.05, 4.69) is 0 Å². The molecule has 3 nitrogen and oxygen atoms in total. The molecule has 0 saturated carbocycles. The summed E-state index contributed by atoms with van der Waals surface area (Å²) < 4.78 is 32.6. The number of amides is 1. The largest absolute Gasteiger partial charge is 0.443 e. The minimum atomic E-state index is -0.817. The van der Waals surface area contributed by atoms with Gasteiger partial charge in [0.05, 0.1) is 22.9 Å². The van der Waals surface area contributed by atoms with Gasteiger partial charge in [-0.2, -0.15) is 0 Å². The highest BCUT2D eigenvalue weighted by molar-refractivity contribution is 14.1. The van der Waals surface area contributed by atoms with Crippen LogP contribution in [0, 0.1) is 11.6 Å². The van der Waals surface area contributed by atoms with Crippen LogP contribution in [0.25, 0.3) is 0 Å². The van der Waals surface area contributed by atoms with Gasteiger partial charge in [0.2, 0.25) is 0 Å². The average molecular weight is 355 g/mol. The SMILES string of the molecule is CC(C)(C)OC(=O)N(I)c1c(F)cccc1F. The second-order valence-electron chi connectivity index (χ2n) is 4.33. The highest BCUT2D eigenvalue weighted by atomic mass is 127. The maximum Gasteiger partial charge on any atom is 0.424 e. The molecule has 0 bridgehead atoms. The van der Waals surface area contributed by atoms with E-state index in [0.29, 0.717) is 0 Å². The molecule has 94 valence electrons. The molecule has 1 aromatic rings. The fourth-order valence-corrected chi connectivity index (χ4v) is 1.63. The molecule has 17 heavy (non-hydrogen) atoms. The smallest absolute Gasteiger partial charge is 0.424 e. The molecule has 1 rings (SSSR count). The number of carbonyl (C=O) groups excluding carboxylic acids is 1. The Morgan fingerprint density at radius 3 is 2.18 bits per heavy atom. The first-order chi connectivity index (χ1) is 7.72. The molecule has 0 heterocycles. The number of halogens is 3. The predicted octanol–water partition coefficient (Wildman–Crippen LogP) is 4.06. The third kappa shape index (κ3) is 3.79. The Hall–Kier alpha value is -0.920. The summed E-state index contributed by atoms with van der Waals surface area (Å²) in [6.45, 7) is 5.02. The van der Waals surface area contributed by atoms with Crippen LogP contribution in [-0.4, -0.2) is 11.7 Å². The van der Waals surface area contributed by atoms with Gasteiger partial charge in [-0.05, 0) is 32.9 Å². The lowest BCUT2D eigenvalue weighted by Gasteiger charge is -2.23. The number of ether oxygens (including phenoxy) is 1. The minimum absolute atomic E-state index is 0.428. The summed E-state index contributed by atoms with van der Waals surface area (Å²) in [5, 5.41) is 0. The molecule has 1 amide bonds. The Labute approximate surface area is 112 Å². The predicted molar refractivity (Wildman–Crippen MR) is 69.1 cm³/mol. The first kappa shape index (κ1) is 14.1. The molecule has 0 aliphatic carbocycles. The van der Waals surface area contributed by atoms with E-state index in [-0.39, 0.29) is 0 Å². The van der Waals surface area contributed by atoms with E-state index in [1.807, 2.05) is 0 Å². The van der Waals surface area contributed by atoms with Crippen molar-refractivity contribution in [3.8, 4) is 0 Å². The van der Waals surface area contributed by atoms with Crippen molar-refractivity contribution in [3.63, 3.8) is 0 Å². The highest BCUT2D eigenvalue weighted by Crippen LogP contribution is 2.27. The average Bonchev–Trinajstić information content (AvgIpc) is 2.14. The molecule has 0 radical (unpaired) electrons. The molecular weight excluding hydrogens is 343 g/mol. The zero-order valence-electron chi connectivity index (χ0n) is 9.63. The lowest BCUT2D eigenvalue weighted by molar-refractivity contribution is 0.0616. The van der Waals surface area contributed by atoms with Gasteiger partial charge < -0.3 is 4.74 Å². The number of benzene rings is 1. The molecule has 0 N–H and O–H groups in total. The molecule has 0 unspecified atom stereocenters. The quantitative estimate of drug-likeness (QED) is 0.562. The monoisotopic (exact) mass is 355 g/mol. The van der Waals surface area contributed by atoms with Gasteiger partial charge in [0.25, 0.3) is 0 Å². The normalized spacial score (nSPS) is 11.2. The molecule has 0 atom stereocenters. The standard InChI is InChI=1S/C11H12F2INO2/c1-11(2,3)17-10(16)15(14)9-7(12)5-4-6-8(9)13/h4-6H,1-3H3. The Balaban J connectivity index is 2.97. The van der Waals surface area contributed by atoms with Crippen molar-refractivity contribution in [2.75, 3.05) is 3.11 Å². The number of rotatable bonds is 1. The topological polar surface area (TPSA) is 29.5 Å². The van der Waals surface area contributed by atoms with Crippen LogP contribution < -0.4 is 3.11 Å². The lowest BCUT2D eigenvalue weighted by atomic mass is 10.2. The van der Waals surface area contributed by atoms with E-state index >= 15 is 0 Å². The van der Waals surface area contributed by atoms with Crippen molar-refractivity contribution in [3.05, 3.63) is 29.8 Å². The molecule has 0 aliphatic rings. The summed E-state index contributed by atoms with van der Waals surface area (Å²) in [4.78, 5) is 11.6. The van der Waals surface area contributed by atoms with Crippen molar-refractivity contribution in [2.45, 2.75) is 26.4 Å². The molecule has 6 heteroatoms. The third-order valence-corrected chi connectivity index (χ3v) is 2.56. The summed E-state index contributed by atoms with van der Waals surface area (Å²) in [5.74, 6) is -1.63. The van der Waals surface area contributed by atoms with Crippen molar-refractivity contribution in [2.24, 2.45) is 0 Å². The van der Waals surface area contributed by atoms with Gasteiger partial charge in [-0.25, -0.2) is 16.7 Å². The Morgan fingerprint density at radius 1 is 1.29 bits per heavy atom. The van der Waals surface area contributed by atoms with Gasteiger partial charge in [0, 0.05) is 0 Å². The lowest BCUT2D eigenvalue weighted by Crippen LogP contribution is -2.31. The van der Waals surface area contributed by atoms with Crippen LogP contribution in [0.3, 0.4) is 0 Å². The van der Waals surface area contributed by atoms with E-state index in [0.717, 1.165) is 15.2 Å². The van der Waals surface area contributed by atoms with Crippen molar-refractivity contribution in [1.82, 2.24) is 0 Å². The van der Waals surface area contributed by atoms with Crippen molar-refractivity contribution >= 4 is 34.6 Å². The van der Waals surface area contributed by atoms with Crippen molar-refractivity contribution in [1.29, 1.82) is 0 Å². The van der Waals surface area contributed by atoms with Crippen LogP contribution in [0.5, 0.6) is 0 Å². The number of nitrogens with zero attached hydrogens (tertiary/aromatic N) is 1. The maximum absolute atomic E-state index is 13.4. The molecule has 0 aromatic heterocycles. The van der Waals surface area contributed by atoms with Gasteiger partial charge >= 0.3 is 6.09 Å². The van der Waals surface area contributed by atoms with Gasteiger partial charge in [0.1, 0.15) is 11.3 Å². The summed E-state index contributed by atoms with van der Waals surface area (Å²) >= 11 is 1.50. The van der Waals surface area contributed by atoms with E-state index in [4.69, 9.17) is 4.74 Å². The second-order valence-corrected chi connectivity index (χ2v) is 5.30. The van der Waals surface area contributed by atoms with Gasteiger partial charge in [-0.1, -0.05) is 6.07 Å². The summed E-state index contributed by atoms with van der Waals surface area (Å²) in [6, 6.07) is 3.39. The Kier molecular flexibility index (Phi) is 4.29. The fraction of sp³-hybridized carbons (Fsp3) is 0.364. The molecule has 0 aliphatic heterocycles. The molecule has 0 fully saturated rings. The van der Waals surface area contributed by atoms with Crippen LogP contribution in [-0.2, 0) is 4.74 Å². The van der Waals surface area contributed by atoms with Gasteiger partial charge in [0.15, 0.2) is 11.6 Å². The maximum atomic E-state index is 13.4. The zero-order valence-corrected chi connectivity index (χ0v) is 11.8. The van der Waals surface area contributed by atoms with Crippen LogP contribution in [0.15, 0.2) is 18.2 Å². The summed E-state index contributed by atoms with van der Waals surface area (Å²) in [5.41, 5.74) is -1.15. The van der Waals surface area contributed by atoms with Gasteiger partial charge in [-0.15, -0.1) is 0 Å². The third-order valence-electron chi connectivity index (χ3n) is 1.69. The van der Waals surface area contributed by atoms with Crippen molar-refractivity contribution < 1.29 is 18.3 Å². The van der Waals surface area contributed by atoms with Crippen LogP contribution in [0.1, 0.15) is 20.8 Å². The van der Waals surface area contributed by atoms with Gasteiger partial charge in [-0.3, -0.25) is 0 Å². The summed E-state index contributed by atoms with van der Waals surface area (Å²) in [7, 11) is 0. The number of anilines is 1. The first-order valence-electron chi connectivity index (χ1n) is 4.85. The van der Waals surface area contributed by atoms with E-state index in [1.165, 1.54) is 28.9 Å². The Morgan fingerprint density at radius 2 is 1.76 bits per heavy atom. The van der Waals surface area contributed by atoms with Crippen LogP contribution >= 0.6 is 22.9 Å². The minimum Gasteiger partial charge on any atom is -0.443 e. The zero-order chi connectivity index (χ0) is 13.2. The second kappa shape index (κ2) is 5.16. The molecule has 1 aromatic carbocycles. The van der Waals surface area contributed by atoms with E-state index < -0.39 is 29.0 Å². The number of para-hydroxylation sites is 1. The Bertz CT molecular complexity index is 412. The molecular formula is C11H12F2INO2. The fourth-order valence-electron chi connectivity index (χ4n) is 1.07. The first-order valence-corrected chi connectivity index (χ1v) is 5.82. The van der Waals surface area contributed by atoms with E-state index in [9.17, 15) is 13.6 Å². The molecule has 0 saturated heterocycles.